The second kappa shape index (κ2) is 49.0. The molecule has 0 radical (unpaired) electrons. The highest BCUT2D eigenvalue weighted by Crippen LogP contribution is 2.40. The van der Waals surface area contributed by atoms with Crippen LogP contribution in [0.1, 0.15) is 215 Å². The van der Waals surface area contributed by atoms with E-state index in [1.54, 1.807) is 16.4 Å². The van der Waals surface area contributed by atoms with Crippen molar-refractivity contribution in [2.75, 3.05) is 13.2 Å². The Morgan fingerprint density at radius 2 is 0.679 bits per heavy atom. The average Bonchev–Trinajstić information content (AvgIpc) is 1.43. The summed E-state index contributed by atoms with van der Waals surface area (Å²) in [5, 5.41) is 3.10. The minimum absolute atomic E-state index is 0.318. The van der Waals surface area contributed by atoms with Crippen LogP contribution in [0, 0.1) is 27.7 Å². The third-order valence-electron chi connectivity index (χ3n) is 15.5. The SMILES string of the molecule is C=CC.C=CCC.C=CCCCCC.C=CCCCCCCC.C=CCCCCCCCCC.Cc1cc(C)cc([Si](C)(C)CCCOc2ccc(C(C)(c3ccccc3)c3ccc(OCCC[Si](C)(C)c4cc(C)cc(C)c4)cc3)cc2)c1. The number of hydrogen-bond donors (Lipinski definition) is 0. The van der Waals surface area contributed by atoms with E-state index in [1.165, 1.54) is 167 Å². The van der Waals surface area contributed by atoms with Crippen molar-refractivity contribution >= 4 is 26.5 Å². The molecule has 0 bridgehead atoms. The van der Waals surface area contributed by atoms with Crippen molar-refractivity contribution in [1.82, 2.24) is 0 Å². The Morgan fingerprint density at radius 3 is 0.988 bits per heavy atom. The molecule has 0 amide bonds. The standard InChI is InChI=1S/C46H58O2Si2.C11H22.C9H18.C7H14.C4H8.C3H6/c1-35-29-36(2)32-44(31-35)49(6,7)27-13-25-47-42-21-17-40(18-22-42)46(5,39-15-11-10-12-16-39)41-19-23-43(24-20-41)48-26-14-28-50(8,9)45-33-37(3)30-38(4)34-45;1-3-5-7-9-11-10-8-6-4-2;1-3-5-7-9-8-6-4-2;1-3-5-7-6-4-2;1-3-4-2;1-3-2/h10-12,15-24,29-34H,13-14,25-28H2,1-9H3;3H,1,4-11H2,2H3;3H,1,4-9H2,2H3;3H,1,4-7H2,2H3;3H,1,4H2,2H3;3H,1H2,2H3. The Bertz CT molecular complexity index is 2270. The maximum atomic E-state index is 6.29. The number of rotatable bonds is 34. The predicted octanol–water partition coefficient (Wildman–Crippen LogP) is 24.4. The number of ether oxygens (including phenoxy) is 2. The third-order valence-corrected chi connectivity index (χ3v) is 22.4. The molecular weight excluding hydrogens is 1050 g/mol. The number of hydrogen-bond acceptors (Lipinski definition) is 2. The van der Waals surface area contributed by atoms with E-state index in [-0.39, 0.29) is 5.41 Å². The van der Waals surface area contributed by atoms with Crippen molar-refractivity contribution in [3.05, 3.63) is 217 Å². The molecule has 0 aliphatic carbocycles. The first-order valence-corrected chi connectivity index (χ1v) is 39.5. The van der Waals surface area contributed by atoms with Gasteiger partial charge in [0.25, 0.3) is 0 Å². The normalized spacial score (nSPS) is 10.7. The highest BCUT2D eigenvalue weighted by Gasteiger charge is 2.31. The summed E-state index contributed by atoms with van der Waals surface area (Å²) >= 11 is 0. The van der Waals surface area contributed by atoms with Crippen LogP contribution in [0.25, 0.3) is 0 Å². The first-order valence-electron chi connectivity index (χ1n) is 33.0. The van der Waals surface area contributed by atoms with Crippen LogP contribution in [-0.4, -0.2) is 29.4 Å². The number of unbranched alkanes of at least 4 members (excludes halogenated alkanes) is 15. The van der Waals surface area contributed by atoms with Gasteiger partial charge in [-0.3, -0.25) is 0 Å². The van der Waals surface area contributed by atoms with Crippen LogP contribution < -0.4 is 19.8 Å². The zero-order valence-corrected chi connectivity index (χ0v) is 58.9. The van der Waals surface area contributed by atoms with Gasteiger partial charge >= 0.3 is 0 Å². The third kappa shape index (κ3) is 35.3. The van der Waals surface area contributed by atoms with E-state index in [0.717, 1.165) is 44.0 Å². The molecule has 0 aliphatic heterocycles. The minimum atomic E-state index is -1.51. The zero-order chi connectivity index (χ0) is 62.9. The maximum Gasteiger partial charge on any atom is 0.119 e. The molecule has 0 aliphatic rings. The van der Waals surface area contributed by atoms with Crippen LogP contribution in [0.5, 0.6) is 11.5 Å². The Hall–Kier alpha value is -5.17. The second-order valence-electron chi connectivity index (χ2n) is 24.5. The molecule has 84 heavy (non-hydrogen) atoms. The largest absolute Gasteiger partial charge is 0.494 e. The van der Waals surface area contributed by atoms with Gasteiger partial charge in [-0.05, 0) is 140 Å². The fourth-order valence-corrected chi connectivity index (χ4v) is 15.3. The molecule has 2 nitrogen and oxygen atoms in total. The van der Waals surface area contributed by atoms with Gasteiger partial charge in [0.1, 0.15) is 11.5 Å². The summed E-state index contributed by atoms with van der Waals surface area (Å²) in [6.07, 6.45) is 37.1. The molecule has 0 aromatic heterocycles. The Labute approximate surface area is 522 Å². The fraction of sp³-hybridized carbons (Fsp3) is 0.500. The Morgan fingerprint density at radius 1 is 0.393 bits per heavy atom. The molecular formula is C80H126O2Si2. The average molecular weight is 1180 g/mol. The maximum absolute atomic E-state index is 6.29. The minimum Gasteiger partial charge on any atom is -0.494 e. The van der Waals surface area contributed by atoms with E-state index in [0.29, 0.717) is 0 Å². The first-order chi connectivity index (χ1) is 40.3. The summed E-state index contributed by atoms with van der Waals surface area (Å²) < 4.78 is 12.6. The molecule has 0 fully saturated rings. The Kier molecular flexibility index (Phi) is 46.0. The Balaban J connectivity index is 0.00000164. The van der Waals surface area contributed by atoms with Gasteiger partial charge in [-0.25, -0.2) is 0 Å². The highest BCUT2D eigenvalue weighted by molar-refractivity contribution is 6.90. The molecule has 0 unspecified atom stereocenters. The van der Waals surface area contributed by atoms with E-state index in [9.17, 15) is 0 Å². The van der Waals surface area contributed by atoms with Crippen molar-refractivity contribution in [3.63, 3.8) is 0 Å². The molecule has 466 valence electrons. The number of allylic oxidation sites excluding steroid dienone is 5. The molecule has 0 heterocycles. The van der Waals surface area contributed by atoms with Crippen molar-refractivity contribution in [1.29, 1.82) is 0 Å². The van der Waals surface area contributed by atoms with E-state index >= 15 is 0 Å². The van der Waals surface area contributed by atoms with Crippen molar-refractivity contribution in [3.8, 4) is 11.5 Å². The van der Waals surface area contributed by atoms with Gasteiger partial charge in [0.15, 0.2) is 0 Å². The van der Waals surface area contributed by atoms with E-state index in [1.807, 2.05) is 31.2 Å². The smallest absolute Gasteiger partial charge is 0.119 e. The summed E-state index contributed by atoms with van der Waals surface area (Å²) in [6.45, 7) is 51.1. The number of benzene rings is 5. The lowest BCUT2D eigenvalue weighted by Crippen LogP contribution is -2.41. The van der Waals surface area contributed by atoms with E-state index < -0.39 is 16.1 Å². The molecule has 5 aromatic rings. The molecule has 5 aromatic carbocycles. The molecule has 5 rings (SSSR count). The van der Waals surface area contributed by atoms with Crippen LogP contribution in [0.2, 0.25) is 38.3 Å². The summed E-state index contributed by atoms with van der Waals surface area (Å²) in [6, 6.07) is 44.9. The molecule has 0 atom stereocenters. The van der Waals surface area contributed by atoms with Gasteiger partial charge in [-0.1, -0.05) is 297 Å². The lowest BCUT2D eigenvalue weighted by molar-refractivity contribution is 0.316. The fourth-order valence-electron chi connectivity index (χ4n) is 10.1. The van der Waals surface area contributed by atoms with Crippen molar-refractivity contribution < 1.29 is 9.47 Å². The van der Waals surface area contributed by atoms with Crippen molar-refractivity contribution in [2.45, 2.75) is 248 Å². The summed E-state index contributed by atoms with van der Waals surface area (Å²) in [5.41, 5.74) is 8.89. The zero-order valence-electron chi connectivity index (χ0n) is 56.9. The quantitative estimate of drug-likeness (QED) is 0.0177. The monoisotopic (exact) mass is 1170 g/mol. The lowest BCUT2D eigenvalue weighted by atomic mass is 9.71. The van der Waals surface area contributed by atoms with E-state index in [2.05, 4.69) is 237 Å². The summed E-state index contributed by atoms with van der Waals surface area (Å²) in [7, 11) is -3.03. The van der Waals surface area contributed by atoms with Crippen LogP contribution in [0.15, 0.2) is 179 Å². The topological polar surface area (TPSA) is 18.5 Å². The van der Waals surface area contributed by atoms with Gasteiger partial charge in [0.2, 0.25) is 0 Å². The molecule has 4 heteroatoms. The van der Waals surface area contributed by atoms with Gasteiger partial charge in [-0.2, -0.15) is 0 Å². The lowest BCUT2D eigenvalue weighted by Gasteiger charge is -2.32. The highest BCUT2D eigenvalue weighted by atomic mass is 28.3. The van der Waals surface area contributed by atoms with Crippen molar-refractivity contribution in [2.24, 2.45) is 0 Å². The summed E-state index contributed by atoms with van der Waals surface area (Å²) in [4.78, 5) is 0. The first kappa shape index (κ1) is 78.8. The van der Waals surface area contributed by atoms with Crippen LogP contribution in [0.3, 0.4) is 0 Å². The second-order valence-corrected chi connectivity index (χ2v) is 34.2. The van der Waals surface area contributed by atoms with Gasteiger partial charge in [0, 0.05) is 5.41 Å². The molecule has 0 saturated heterocycles. The molecule has 0 spiro atoms. The molecule has 0 N–H and O–H groups in total. The van der Waals surface area contributed by atoms with Crippen LogP contribution in [0.4, 0.5) is 0 Å². The van der Waals surface area contributed by atoms with Crippen LogP contribution in [-0.2, 0) is 5.41 Å². The molecule has 0 saturated carbocycles. The van der Waals surface area contributed by atoms with Gasteiger partial charge in [0.05, 0.1) is 29.4 Å². The summed E-state index contributed by atoms with van der Waals surface area (Å²) in [5.74, 6) is 1.87. The number of aryl methyl sites for hydroxylation is 4. The predicted molar refractivity (Wildman–Crippen MR) is 388 cm³/mol. The van der Waals surface area contributed by atoms with Crippen LogP contribution >= 0.6 is 0 Å². The van der Waals surface area contributed by atoms with Gasteiger partial charge in [-0.15, -0.1) is 32.9 Å². The van der Waals surface area contributed by atoms with E-state index in [4.69, 9.17) is 9.47 Å². The van der Waals surface area contributed by atoms with Gasteiger partial charge < -0.3 is 9.47 Å².